The van der Waals surface area contributed by atoms with Gasteiger partial charge in [0, 0.05) is 11.6 Å². The Morgan fingerprint density at radius 1 is 1.48 bits per heavy atom. The van der Waals surface area contributed by atoms with E-state index < -0.39 is 14.9 Å². The highest BCUT2D eigenvalue weighted by atomic mass is 16.6. The number of para-hydroxylation sites is 1. The van der Waals surface area contributed by atoms with Crippen molar-refractivity contribution >= 4 is 23.7 Å². The normalized spacial score (nSPS) is 33.4. The molecule has 1 aromatic rings. The molecule has 7 heteroatoms. The van der Waals surface area contributed by atoms with E-state index in [0.29, 0.717) is 30.7 Å². The maximum absolute atomic E-state index is 12.9. The summed E-state index contributed by atoms with van der Waals surface area (Å²) in [5, 5.41) is 11.3. The number of carbonyl (C=O) groups is 2. The first-order chi connectivity index (χ1) is 9.86. The first kappa shape index (κ1) is 13.7. The van der Waals surface area contributed by atoms with Gasteiger partial charge in [-0.05, 0) is 18.8 Å². The van der Waals surface area contributed by atoms with Gasteiger partial charge in [-0.15, -0.1) is 4.59 Å². The number of amides is 2. The summed E-state index contributed by atoms with van der Waals surface area (Å²) in [5.41, 5.74) is 2.59. The van der Waals surface area contributed by atoms with Crippen molar-refractivity contribution in [3.8, 4) is 0 Å². The predicted octanol–water partition coefficient (Wildman–Crippen LogP) is 1.40. The van der Waals surface area contributed by atoms with Gasteiger partial charge in [-0.3, -0.25) is 14.9 Å². The molecule has 3 rings (SSSR count). The first-order valence-corrected chi connectivity index (χ1v) is 6.78. The van der Waals surface area contributed by atoms with E-state index in [2.05, 4.69) is 5.43 Å². The third-order valence-electron chi connectivity index (χ3n) is 4.69. The second-order valence-electron chi connectivity index (χ2n) is 6.08. The molecule has 1 aromatic carbocycles. The SMILES string of the molecule is CC1CC2(C1)C(=O)[N+](C)(NC=O)c1c([N+](=O)[O-])cccc12. The molecule has 1 unspecified atom stereocenters. The van der Waals surface area contributed by atoms with Gasteiger partial charge in [-0.1, -0.05) is 19.1 Å². The third-order valence-corrected chi connectivity index (χ3v) is 4.69. The van der Waals surface area contributed by atoms with Crippen molar-refractivity contribution in [1.82, 2.24) is 10.0 Å². The van der Waals surface area contributed by atoms with E-state index in [1.165, 1.54) is 13.1 Å². The largest absolute Gasteiger partial charge is 0.353 e. The molecule has 0 aromatic heterocycles. The number of rotatable bonds is 3. The van der Waals surface area contributed by atoms with Gasteiger partial charge < -0.3 is 0 Å². The Morgan fingerprint density at radius 2 is 2.14 bits per heavy atom. The minimum Gasteiger partial charge on any atom is -0.274 e. The summed E-state index contributed by atoms with van der Waals surface area (Å²) in [5.74, 6) is 0.195. The second kappa shape index (κ2) is 4.11. The van der Waals surface area contributed by atoms with Crippen LogP contribution in [0.15, 0.2) is 18.2 Å². The van der Waals surface area contributed by atoms with Gasteiger partial charge in [0.05, 0.1) is 4.92 Å². The van der Waals surface area contributed by atoms with Crippen LogP contribution in [0.5, 0.6) is 0 Å². The number of nitrogens with one attached hydrogen (secondary N) is 1. The van der Waals surface area contributed by atoms with Crippen LogP contribution in [-0.4, -0.2) is 24.3 Å². The van der Waals surface area contributed by atoms with Crippen LogP contribution in [0.2, 0.25) is 0 Å². The van der Waals surface area contributed by atoms with Gasteiger partial charge in [-0.2, -0.15) is 5.43 Å². The van der Waals surface area contributed by atoms with Crippen molar-refractivity contribution in [1.29, 1.82) is 0 Å². The molecule has 2 aliphatic rings. The number of quaternary nitrogens is 1. The van der Waals surface area contributed by atoms with Crippen molar-refractivity contribution in [3.63, 3.8) is 0 Å². The van der Waals surface area contributed by atoms with Crippen LogP contribution in [0.25, 0.3) is 0 Å². The highest BCUT2D eigenvalue weighted by molar-refractivity contribution is 6.06. The number of fused-ring (bicyclic) bond motifs is 2. The van der Waals surface area contributed by atoms with Crippen molar-refractivity contribution < 1.29 is 14.5 Å². The van der Waals surface area contributed by atoms with Gasteiger partial charge in [0.1, 0.15) is 12.5 Å². The van der Waals surface area contributed by atoms with Gasteiger partial charge in [-0.25, -0.2) is 4.79 Å². The number of benzene rings is 1. The average Bonchev–Trinajstić information content (AvgIpc) is 2.59. The average molecular weight is 290 g/mol. The smallest absolute Gasteiger partial charge is 0.274 e. The number of hydrogen-bond acceptors (Lipinski definition) is 4. The fourth-order valence-electron chi connectivity index (χ4n) is 3.93. The summed E-state index contributed by atoms with van der Waals surface area (Å²) in [6.45, 7) is 2.05. The minimum absolute atomic E-state index is 0.130. The molecule has 1 saturated carbocycles. The molecule has 1 aliphatic heterocycles. The summed E-state index contributed by atoms with van der Waals surface area (Å²) < 4.78 is -0.539. The lowest BCUT2D eigenvalue weighted by molar-refractivity contribution is -0.384. The lowest BCUT2D eigenvalue weighted by atomic mass is 9.59. The summed E-state index contributed by atoms with van der Waals surface area (Å²) in [4.78, 5) is 34.7. The first-order valence-electron chi connectivity index (χ1n) is 6.78. The van der Waals surface area contributed by atoms with Crippen LogP contribution in [-0.2, 0) is 15.0 Å². The molecule has 0 bridgehead atoms. The maximum Gasteiger partial charge on any atom is 0.353 e. The quantitative estimate of drug-likeness (QED) is 0.394. The van der Waals surface area contributed by atoms with Crippen molar-refractivity contribution in [3.05, 3.63) is 33.9 Å². The molecule has 21 heavy (non-hydrogen) atoms. The van der Waals surface area contributed by atoms with Gasteiger partial charge in [0.25, 0.3) is 6.41 Å². The highest BCUT2D eigenvalue weighted by Crippen LogP contribution is 2.59. The molecule has 1 aliphatic carbocycles. The van der Waals surface area contributed by atoms with Crippen LogP contribution >= 0.6 is 0 Å². The van der Waals surface area contributed by atoms with E-state index in [0.717, 1.165) is 0 Å². The number of carbonyl (C=O) groups excluding carboxylic acids is 2. The number of nitrogens with zero attached hydrogens (tertiary/aromatic N) is 2. The van der Waals surface area contributed by atoms with Crippen molar-refractivity contribution in [2.24, 2.45) is 5.92 Å². The molecule has 1 heterocycles. The Balaban J connectivity index is 2.29. The molecule has 110 valence electrons. The lowest BCUT2D eigenvalue weighted by Crippen LogP contribution is -2.63. The predicted molar refractivity (Wildman–Crippen MR) is 75.1 cm³/mol. The van der Waals surface area contributed by atoms with Crippen LogP contribution in [0.4, 0.5) is 11.4 Å². The van der Waals surface area contributed by atoms with Crippen LogP contribution < -0.4 is 10.0 Å². The minimum atomic E-state index is -0.703. The molecular weight excluding hydrogens is 274 g/mol. The van der Waals surface area contributed by atoms with E-state index in [4.69, 9.17) is 0 Å². The lowest BCUT2D eigenvalue weighted by Gasteiger charge is -2.40. The van der Waals surface area contributed by atoms with Crippen LogP contribution in [0.1, 0.15) is 25.3 Å². The van der Waals surface area contributed by atoms with Gasteiger partial charge in [0.2, 0.25) is 5.69 Å². The standard InChI is InChI=1S/C14H15N3O4/c1-9-6-14(7-9)10-4-3-5-11(16(20)21)12(10)17(2,13(14)19)15-8-18/h3-5,8-9H,6-7H2,1-2H3/p+1. The Kier molecular flexibility index (Phi) is 2.68. The summed E-state index contributed by atoms with van der Waals surface area (Å²) in [6, 6.07) is 4.74. The number of nitro groups is 1. The molecule has 1 N–H and O–H groups in total. The number of nitro benzene ring substituents is 1. The van der Waals surface area contributed by atoms with Gasteiger partial charge in [0.15, 0.2) is 0 Å². The Bertz CT molecular complexity index is 666. The summed E-state index contributed by atoms with van der Waals surface area (Å²) in [7, 11) is 1.50. The number of likely N-dealkylation sites (N-methyl/N-ethyl adjacent to an activating group) is 1. The molecule has 1 atom stereocenters. The van der Waals surface area contributed by atoms with E-state index in [1.807, 2.05) is 6.92 Å². The van der Waals surface area contributed by atoms with Gasteiger partial charge >= 0.3 is 11.6 Å². The van der Waals surface area contributed by atoms with Crippen LogP contribution in [0, 0.1) is 16.0 Å². The van der Waals surface area contributed by atoms with E-state index in [9.17, 15) is 19.7 Å². The molecule has 1 fully saturated rings. The van der Waals surface area contributed by atoms with E-state index in [1.54, 1.807) is 12.1 Å². The Hall–Kier alpha value is -2.28. The number of hydrogen-bond donors (Lipinski definition) is 1. The monoisotopic (exact) mass is 290 g/mol. The van der Waals surface area contributed by atoms with Crippen molar-refractivity contribution in [2.45, 2.75) is 25.2 Å². The second-order valence-corrected chi connectivity index (χ2v) is 6.08. The maximum atomic E-state index is 12.9. The fourth-order valence-corrected chi connectivity index (χ4v) is 3.93. The third kappa shape index (κ3) is 1.52. The Labute approximate surface area is 121 Å². The summed E-state index contributed by atoms with van der Waals surface area (Å²) >= 11 is 0. The highest BCUT2D eigenvalue weighted by Gasteiger charge is 2.68. The van der Waals surface area contributed by atoms with E-state index >= 15 is 0 Å². The Morgan fingerprint density at radius 3 is 2.67 bits per heavy atom. The molecule has 1 spiro atoms. The zero-order chi connectivity index (χ0) is 15.4. The van der Waals surface area contributed by atoms with Crippen molar-refractivity contribution in [2.75, 3.05) is 7.05 Å². The summed E-state index contributed by atoms with van der Waals surface area (Å²) in [6.07, 6.45) is 1.74. The zero-order valence-corrected chi connectivity index (χ0v) is 11.8. The molecule has 7 nitrogen and oxygen atoms in total. The molecule has 0 radical (unpaired) electrons. The fraction of sp³-hybridized carbons (Fsp3) is 0.429. The van der Waals surface area contributed by atoms with Crippen LogP contribution in [0.3, 0.4) is 0 Å². The van der Waals surface area contributed by atoms with E-state index in [-0.39, 0.29) is 17.3 Å². The molecular formula is C14H16N3O4+. The molecule has 0 saturated heterocycles. The topological polar surface area (TPSA) is 89.3 Å². The molecule has 2 amide bonds. The zero-order valence-electron chi connectivity index (χ0n) is 11.8.